The van der Waals surface area contributed by atoms with Crippen LogP contribution in [0.2, 0.25) is 0 Å². The predicted molar refractivity (Wildman–Crippen MR) is 62.3 cm³/mol. The molecule has 1 heterocycles. The number of halogens is 1. The Morgan fingerprint density at radius 1 is 1.53 bits per heavy atom. The van der Waals surface area contributed by atoms with Crippen LogP contribution in [0.1, 0.15) is 23.0 Å². The highest BCUT2D eigenvalue weighted by molar-refractivity contribution is 9.10. The van der Waals surface area contributed by atoms with E-state index in [9.17, 15) is 4.79 Å². The molecule has 4 heteroatoms. The van der Waals surface area contributed by atoms with Gasteiger partial charge in [-0.2, -0.15) is 0 Å². The lowest BCUT2D eigenvalue weighted by atomic mass is 10.1. The number of benzene rings is 1. The van der Waals surface area contributed by atoms with Gasteiger partial charge >= 0.3 is 5.97 Å². The van der Waals surface area contributed by atoms with E-state index in [1.165, 1.54) is 0 Å². The molecule has 0 radical (unpaired) electrons. The fourth-order valence-corrected chi connectivity index (χ4v) is 2.14. The molecule has 0 fully saturated rings. The molecule has 15 heavy (non-hydrogen) atoms. The number of aryl methyl sites for hydroxylation is 1. The second kappa shape index (κ2) is 3.70. The molecule has 3 nitrogen and oxygen atoms in total. The van der Waals surface area contributed by atoms with Gasteiger partial charge in [-0.1, -0.05) is 28.9 Å². The van der Waals surface area contributed by atoms with Crippen molar-refractivity contribution in [2.75, 3.05) is 0 Å². The maximum absolute atomic E-state index is 11.0. The van der Waals surface area contributed by atoms with E-state index in [0.29, 0.717) is 12.1 Å². The van der Waals surface area contributed by atoms with E-state index in [0.717, 1.165) is 20.9 Å². The third-order valence-corrected chi connectivity index (χ3v) is 2.93. The summed E-state index contributed by atoms with van der Waals surface area (Å²) < 4.78 is 0.941. The average molecular weight is 268 g/mol. The molecular formula is C11H10BrNO2. The molecule has 0 aliphatic carbocycles. The van der Waals surface area contributed by atoms with Gasteiger partial charge in [-0.25, -0.2) is 4.79 Å². The fraction of sp³-hybridized carbons (Fsp3) is 0.182. The number of aromatic nitrogens is 1. The lowest BCUT2D eigenvalue weighted by Crippen LogP contribution is -2.00. The van der Waals surface area contributed by atoms with E-state index in [4.69, 9.17) is 5.11 Å². The minimum Gasteiger partial charge on any atom is -0.477 e. The fourth-order valence-electron chi connectivity index (χ4n) is 1.78. The Hall–Kier alpha value is -1.29. The van der Waals surface area contributed by atoms with Crippen molar-refractivity contribution in [2.45, 2.75) is 13.3 Å². The van der Waals surface area contributed by atoms with Crippen molar-refractivity contribution >= 4 is 32.8 Å². The molecule has 0 saturated heterocycles. The summed E-state index contributed by atoms with van der Waals surface area (Å²) in [5.74, 6) is -0.904. The lowest BCUT2D eigenvalue weighted by Gasteiger charge is -1.95. The molecule has 0 spiro atoms. The molecule has 2 aromatic rings. The summed E-state index contributed by atoms with van der Waals surface area (Å²) in [5, 5.41) is 10.0. The highest BCUT2D eigenvalue weighted by Crippen LogP contribution is 2.25. The molecule has 0 aliphatic rings. The summed E-state index contributed by atoms with van der Waals surface area (Å²) in [5.41, 5.74) is 2.02. The highest BCUT2D eigenvalue weighted by Gasteiger charge is 2.15. The SMILES string of the molecule is CCc1c(C(=O)O)[nH]c2cc(Br)ccc12. The molecule has 2 N–H and O–H groups in total. The smallest absolute Gasteiger partial charge is 0.352 e. The minimum absolute atomic E-state index is 0.297. The summed E-state index contributed by atoms with van der Waals surface area (Å²) in [4.78, 5) is 13.9. The van der Waals surface area contributed by atoms with Crippen LogP contribution in [0.4, 0.5) is 0 Å². The van der Waals surface area contributed by atoms with Crippen LogP contribution in [0.5, 0.6) is 0 Å². The van der Waals surface area contributed by atoms with Gasteiger partial charge in [0.25, 0.3) is 0 Å². The molecule has 0 saturated carbocycles. The quantitative estimate of drug-likeness (QED) is 0.878. The van der Waals surface area contributed by atoms with E-state index >= 15 is 0 Å². The summed E-state index contributed by atoms with van der Waals surface area (Å²) in [7, 11) is 0. The Bertz CT molecular complexity index is 531. The monoisotopic (exact) mass is 267 g/mol. The second-order valence-corrected chi connectivity index (χ2v) is 4.24. The van der Waals surface area contributed by atoms with Crippen molar-refractivity contribution in [3.05, 3.63) is 33.9 Å². The third-order valence-electron chi connectivity index (χ3n) is 2.44. The number of hydrogen-bond acceptors (Lipinski definition) is 1. The molecule has 1 aromatic carbocycles. The first-order valence-corrected chi connectivity index (χ1v) is 5.46. The molecule has 0 atom stereocenters. The van der Waals surface area contributed by atoms with Gasteiger partial charge in [0.15, 0.2) is 0 Å². The second-order valence-electron chi connectivity index (χ2n) is 3.33. The highest BCUT2D eigenvalue weighted by atomic mass is 79.9. The summed E-state index contributed by atoms with van der Waals surface area (Å²) in [6, 6.07) is 5.74. The maximum atomic E-state index is 11.0. The van der Waals surface area contributed by atoms with Crippen LogP contribution in [-0.4, -0.2) is 16.1 Å². The van der Waals surface area contributed by atoms with E-state index in [1.807, 2.05) is 25.1 Å². The average Bonchev–Trinajstić information content (AvgIpc) is 2.55. The van der Waals surface area contributed by atoms with Crippen molar-refractivity contribution in [1.82, 2.24) is 4.98 Å². The van der Waals surface area contributed by atoms with Gasteiger partial charge in [0.2, 0.25) is 0 Å². The van der Waals surface area contributed by atoms with Crippen molar-refractivity contribution in [3.8, 4) is 0 Å². The molecule has 0 aliphatic heterocycles. The summed E-state index contributed by atoms with van der Waals surface area (Å²) >= 11 is 3.36. The predicted octanol–water partition coefficient (Wildman–Crippen LogP) is 3.19. The Morgan fingerprint density at radius 2 is 2.27 bits per heavy atom. The standard InChI is InChI=1S/C11H10BrNO2/c1-2-7-8-4-3-6(12)5-9(8)13-10(7)11(14)15/h3-5,13H,2H2,1H3,(H,14,15). The largest absolute Gasteiger partial charge is 0.477 e. The summed E-state index contributed by atoms with van der Waals surface area (Å²) in [6.45, 7) is 1.96. The topological polar surface area (TPSA) is 53.1 Å². The van der Waals surface area contributed by atoms with Crippen LogP contribution in [0.3, 0.4) is 0 Å². The van der Waals surface area contributed by atoms with E-state index in [1.54, 1.807) is 0 Å². The molecule has 78 valence electrons. The number of aromatic amines is 1. The Balaban J connectivity index is 2.78. The number of carbonyl (C=O) groups is 1. The zero-order valence-electron chi connectivity index (χ0n) is 8.17. The third kappa shape index (κ3) is 1.65. The van der Waals surface area contributed by atoms with Crippen LogP contribution in [-0.2, 0) is 6.42 Å². The van der Waals surface area contributed by atoms with E-state index < -0.39 is 5.97 Å². The number of nitrogens with one attached hydrogen (secondary N) is 1. The maximum Gasteiger partial charge on any atom is 0.352 e. The van der Waals surface area contributed by atoms with Gasteiger partial charge in [-0.15, -0.1) is 0 Å². The molecular weight excluding hydrogens is 258 g/mol. The van der Waals surface area contributed by atoms with Gasteiger partial charge in [-0.05, 0) is 24.1 Å². The Morgan fingerprint density at radius 3 is 2.87 bits per heavy atom. The van der Waals surface area contributed by atoms with Crippen LogP contribution < -0.4 is 0 Å². The van der Waals surface area contributed by atoms with Crippen LogP contribution in [0.25, 0.3) is 10.9 Å². The molecule has 1 aromatic heterocycles. The van der Waals surface area contributed by atoms with Crippen molar-refractivity contribution < 1.29 is 9.90 Å². The Kier molecular flexibility index (Phi) is 2.52. The first kappa shape index (κ1) is 10.2. The number of hydrogen-bond donors (Lipinski definition) is 2. The van der Waals surface area contributed by atoms with Gasteiger partial charge in [0.1, 0.15) is 5.69 Å². The van der Waals surface area contributed by atoms with Gasteiger partial charge in [0, 0.05) is 15.4 Å². The van der Waals surface area contributed by atoms with Gasteiger partial charge < -0.3 is 10.1 Å². The Labute approximate surface area is 95.2 Å². The zero-order chi connectivity index (χ0) is 11.0. The minimum atomic E-state index is -0.904. The molecule has 0 bridgehead atoms. The normalized spacial score (nSPS) is 10.8. The number of H-pyrrole nitrogens is 1. The van der Waals surface area contributed by atoms with E-state index in [2.05, 4.69) is 20.9 Å². The van der Waals surface area contributed by atoms with Crippen LogP contribution in [0.15, 0.2) is 22.7 Å². The van der Waals surface area contributed by atoms with Gasteiger partial charge in [-0.3, -0.25) is 0 Å². The number of carboxylic acid groups (broad SMARTS) is 1. The number of fused-ring (bicyclic) bond motifs is 1. The number of aromatic carboxylic acids is 1. The van der Waals surface area contributed by atoms with Crippen molar-refractivity contribution in [3.63, 3.8) is 0 Å². The first-order valence-electron chi connectivity index (χ1n) is 4.67. The molecule has 2 rings (SSSR count). The summed E-state index contributed by atoms with van der Waals surface area (Å²) in [6.07, 6.45) is 0.712. The molecule has 0 unspecified atom stereocenters. The van der Waals surface area contributed by atoms with Crippen molar-refractivity contribution in [1.29, 1.82) is 0 Å². The zero-order valence-corrected chi connectivity index (χ0v) is 9.76. The van der Waals surface area contributed by atoms with Crippen LogP contribution >= 0.6 is 15.9 Å². The molecule has 0 amide bonds. The lowest BCUT2D eigenvalue weighted by molar-refractivity contribution is 0.0690. The first-order chi connectivity index (χ1) is 7.13. The van der Waals surface area contributed by atoms with Gasteiger partial charge in [0.05, 0.1) is 0 Å². The van der Waals surface area contributed by atoms with E-state index in [-0.39, 0.29) is 0 Å². The van der Waals surface area contributed by atoms with Crippen molar-refractivity contribution in [2.24, 2.45) is 0 Å². The number of carboxylic acids is 1. The number of rotatable bonds is 2. The van der Waals surface area contributed by atoms with Crippen LogP contribution in [0, 0.1) is 0 Å².